The van der Waals surface area contributed by atoms with Gasteiger partial charge in [0.15, 0.2) is 0 Å². The summed E-state index contributed by atoms with van der Waals surface area (Å²) in [7, 11) is 0. The summed E-state index contributed by atoms with van der Waals surface area (Å²) in [6, 6.07) is 0. The minimum Gasteiger partial charge on any atom is -0.446 e. The van der Waals surface area contributed by atoms with Crippen LogP contribution in [0.2, 0.25) is 0 Å². The summed E-state index contributed by atoms with van der Waals surface area (Å²) in [6.07, 6.45) is 1.91. The Kier molecular flexibility index (Phi) is 3.11. The summed E-state index contributed by atoms with van der Waals surface area (Å²) in [5, 5.41) is 0. The first kappa shape index (κ1) is 9.83. The lowest BCUT2D eigenvalue weighted by molar-refractivity contribution is -0.123. The highest BCUT2D eigenvalue weighted by atomic mass is 16.6. The second-order valence-electron chi connectivity index (χ2n) is 3.32. The molecular weight excluding hydrogens is 172 g/mol. The van der Waals surface area contributed by atoms with Gasteiger partial charge in [0, 0.05) is 5.92 Å². The lowest BCUT2D eigenvalue weighted by atomic mass is 9.87. The third kappa shape index (κ3) is 2.93. The van der Waals surface area contributed by atoms with Gasteiger partial charge in [-0.05, 0) is 25.7 Å². The summed E-state index contributed by atoms with van der Waals surface area (Å²) < 4.78 is 4.80. The molecule has 0 radical (unpaired) electrons. The van der Waals surface area contributed by atoms with E-state index in [9.17, 15) is 9.59 Å². The summed E-state index contributed by atoms with van der Waals surface area (Å²) >= 11 is 0. The van der Waals surface area contributed by atoms with Crippen molar-refractivity contribution < 1.29 is 14.3 Å². The van der Waals surface area contributed by atoms with Gasteiger partial charge in [-0.3, -0.25) is 4.79 Å². The maximum absolute atomic E-state index is 10.8. The highest BCUT2D eigenvalue weighted by molar-refractivity contribution is 5.76. The highest BCUT2D eigenvalue weighted by Crippen LogP contribution is 2.25. The zero-order chi connectivity index (χ0) is 9.84. The van der Waals surface area contributed by atoms with Crippen molar-refractivity contribution in [2.75, 3.05) is 0 Å². The molecule has 5 nitrogen and oxygen atoms in total. The largest absolute Gasteiger partial charge is 0.446 e. The van der Waals surface area contributed by atoms with Crippen molar-refractivity contribution in [3.63, 3.8) is 0 Å². The second kappa shape index (κ2) is 4.11. The van der Waals surface area contributed by atoms with E-state index in [1.165, 1.54) is 0 Å². The molecule has 1 aliphatic rings. The Morgan fingerprint density at radius 1 is 1.23 bits per heavy atom. The van der Waals surface area contributed by atoms with Crippen LogP contribution in [0.3, 0.4) is 0 Å². The van der Waals surface area contributed by atoms with Crippen LogP contribution >= 0.6 is 0 Å². The van der Waals surface area contributed by atoms with Crippen molar-refractivity contribution in [1.82, 2.24) is 0 Å². The number of rotatable bonds is 2. The molecule has 0 bridgehead atoms. The SMILES string of the molecule is NC(=O)OC1CCCC(C(N)=O)C1. The topological polar surface area (TPSA) is 95.4 Å². The third-order valence-corrected chi connectivity index (χ3v) is 2.31. The number of carbonyl (C=O) groups excluding carboxylic acids is 2. The van der Waals surface area contributed by atoms with Gasteiger partial charge in [-0.2, -0.15) is 0 Å². The Hall–Kier alpha value is -1.26. The molecule has 13 heavy (non-hydrogen) atoms. The fourth-order valence-corrected chi connectivity index (χ4v) is 1.67. The van der Waals surface area contributed by atoms with E-state index in [2.05, 4.69) is 0 Å². The zero-order valence-corrected chi connectivity index (χ0v) is 7.36. The fraction of sp³-hybridized carbons (Fsp3) is 0.750. The molecule has 0 aliphatic heterocycles. The molecule has 2 unspecified atom stereocenters. The molecule has 1 aliphatic carbocycles. The van der Waals surface area contributed by atoms with E-state index in [4.69, 9.17) is 16.2 Å². The Morgan fingerprint density at radius 3 is 2.46 bits per heavy atom. The molecule has 0 aromatic heterocycles. The normalized spacial score (nSPS) is 28.0. The van der Waals surface area contributed by atoms with Gasteiger partial charge >= 0.3 is 6.09 Å². The molecule has 1 saturated carbocycles. The Morgan fingerprint density at radius 2 is 1.92 bits per heavy atom. The monoisotopic (exact) mass is 186 g/mol. The molecule has 0 aromatic carbocycles. The van der Waals surface area contributed by atoms with Gasteiger partial charge in [-0.25, -0.2) is 4.79 Å². The lowest BCUT2D eigenvalue weighted by Crippen LogP contribution is -2.34. The van der Waals surface area contributed by atoms with E-state index in [1.54, 1.807) is 0 Å². The van der Waals surface area contributed by atoms with Crippen molar-refractivity contribution in [3.8, 4) is 0 Å². The van der Waals surface area contributed by atoms with Gasteiger partial charge in [0.05, 0.1) is 0 Å². The number of nitrogens with two attached hydrogens (primary N) is 2. The minimum absolute atomic E-state index is 0.168. The molecule has 0 spiro atoms. The molecule has 1 rings (SSSR count). The van der Waals surface area contributed by atoms with E-state index < -0.39 is 6.09 Å². The molecular formula is C8H14N2O3. The number of primary amides is 2. The number of ether oxygens (including phenoxy) is 1. The van der Waals surface area contributed by atoms with Gasteiger partial charge < -0.3 is 16.2 Å². The first-order valence-corrected chi connectivity index (χ1v) is 4.35. The highest BCUT2D eigenvalue weighted by Gasteiger charge is 2.27. The van der Waals surface area contributed by atoms with E-state index in [0.29, 0.717) is 6.42 Å². The van der Waals surface area contributed by atoms with E-state index >= 15 is 0 Å². The van der Waals surface area contributed by atoms with Crippen LogP contribution in [-0.4, -0.2) is 18.1 Å². The van der Waals surface area contributed by atoms with E-state index in [1.807, 2.05) is 0 Å². The molecule has 0 aromatic rings. The van der Waals surface area contributed by atoms with Crippen LogP contribution in [0.4, 0.5) is 4.79 Å². The molecule has 5 heteroatoms. The Balaban J connectivity index is 2.41. The van der Waals surface area contributed by atoms with Crippen LogP contribution in [0.5, 0.6) is 0 Å². The molecule has 1 fully saturated rings. The quantitative estimate of drug-likeness (QED) is 0.641. The van der Waals surface area contributed by atoms with Crippen LogP contribution in [0.25, 0.3) is 0 Å². The molecule has 0 saturated heterocycles. The maximum Gasteiger partial charge on any atom is 0.404 e. The van der Waals surface area contributed by atoms with Crippen molar-refractivity contribution in [3.05, 3.63) is 0 Å². The molecule has 74 valence electrons. The summed E-state index contributed by atoms with van der Waals surface area (Å²) in [5.74, 6) is -0.490. The predicted molar refractivity (Wildman–Crippen MR) is 45.6 cm³/mol. The first-order valence-electron chi connectivity index (χ1n) is 4.35. The molecule has 0 heterocycles. The van der Waals surface area contributed by atoms with Crippen molar-refractivity contribution in [1.29, 1.82) is 0 Å². The molecule has 2 atom stereocenters. The average molecular weight is 186 g/mol. The summed E-state index contributed by atoms with van der Waals surface area (Å²) in [6.45, 7) is 0. The number of hydrogen-bond acceptors (Lipinski definition) is 3. The lowest BCUT2D eigenvalue weighted by Gasteiger charge is -2.26. The first-order chi connectivity index (χ1) is 6.09. The van der Waals surface area contributed by atoms with E-state index in [-0.39, 0.29) is 17.9 Å². The predicted octanol–water partition coefficient (Wildman–Crippen LogP) is 0.126. The van der Waals surface area contributed by atoms with E-state index in [0.717, 1.165) is 19.3 Å². The Labute approximate surface area is 76.4 Å². The van der Waals surface area contributed by atoms with Gasteiger partial charge in [0.25, 0.3) is 0 Å². The number of carbonyl (C=O) groups is 2. The van der Waals surface area contributed by atoms with Crippen LogP contribution in [0, 0.1) is 5.92 Å². The van der Waals surface area contributed by atoms with Crippen LogP contribution < -0.4 is 11.5 Å². The van der Waals surface area contributed by atoms with Gasteiger partial charge in [-0.1, -0.05) is 0 Å². The van der Waals surface area contributed by atoms with Crippen molar-refractivity contribution >= 4 is 12.0 Å². The third-order valence-electron chi connectivity index (χ3n) is 2.31. The molecule has 4 N–H and O–H groups in total. The Bertz CT molecular complexity index is 217. The van der Waals surface area contributed by atoms with Crippen molar-refractivity contribution in [2.24, 2.45) is 17.4 Å². The smallest absolute Gasteiger partial charge is 0.404 e. The summed E-state index contributed by atoms with van der Waals surface area (Å²) in [4.78, 5) is 21.3. The maximum atomic E-state index is 10.8. The average Bonchev–Trinajstić information content (AvgIpc) is 2.03. The standard InChI is InChI=1S/C8H14N2O3/c9-7(11)5-2-1-3-6(4-5)13-8(10)12/h5-6H,1-4H2,(H2,9,11)(H2,10,12). The van der Waals surface area contributed by atoms with Crippen LogP contribution in [0.1, 0.15) is 25.7 Å². The van der Waals surface area contributed by atoms with Gasteiger partial charge in [0.1, 0.15) is 6.10 Å². The number of hydrogen-bond donors (Lipinski definition) is 2. The van der Waals surface area contributed by atoms with Gasteiger partial charge in [0.2, 0.25) is 5.91 Å². The van der Waals surface area contributed by atoms with Gasteiger partial charge in [-0.15, -0.1) is 0 Å². The fourth-order valence-electron chi connectivity index (χ4n) is 1.67. The second-order valence-corrected chi connectivity index (χ2v) is 3.32. The van der Waals surface area contributed by atoms with Crippen LogP contribution in [-0.2, 0) is 9.53 Å². The van der Waals surface area contributed by atoms with Crippen LogP contribution in [0.15, 0.2) is 0 Å². The van der Waals surface area contributed by atoms with Crippen molar-refractivity contribution in [2.45, 2.75) is 31.8 Å². The minimum atomic E-state index is -0.782. The number of amides is 2. The summed E-state index contributed by atoms with van der Waals surface area (Å²) in [5.41, 5.74) is 10.0. The molecule has 2 amide bonds. The zero-order valence-electron chi connectivity index (χ0n) is 7.36.